The topological polar surface area (TPSA) is 65.8 Å². The number of aromatic nitrogens is 3. The van der Waals surface area contributed by atoms with E-state index in [9.17, 15) is 18.0 Å². The molecule has 10 heteroatoms. The first-order chi connectivity index (χ1) is 19.5. The van der Waals surface area contributed by atoms with Crippen LogP contribution in [-0.2, 0) is 12.7 Å². The first-order valence-corrected chi connectivity index (χ1v) is 13.3. The largest absolute Gasteiger partial charge is 0.416 e. The smallest absolute Gasteiger partial charge is 0.322 e. The fourth-order valence-electron chi connectivity index (χ4n) is 5.04. The molecule has 3 heterocycles. The summed E-state index contributed by atoms with van der Waals surface area (Å²) < 4.78 is 43.7. The zero-order valence-corrected chi connectivity index (χ0v) is 23.4. The first-order valence-electron chi connectivity index (χ1n) is 13.3. The molecule has 1 aliphatic heterocycles. The maximum Gasteiger partial charge on any atom is 0.416 e. The summed E-state index contributed by atoms with van der Waals surface area (Å²) in [5.74, 6) is 5.68. The minimum atomic E-state index is -4.55. The number of aryl methyl sites for hydroxylation is 2. The molecule has 5 rings (SSSR count). The van der Waals surface area contributed by atoms with E-state index in [-0.39, 0.29) is 23.4 Å². The lowest BCUT2D eigenvalue weighted by molar-refractivity contribution is -0.138. The number of likely N-dealkylation sites (tertiary alicyclic amines) is 1. The van der Waals surface area contributed by atoms with Gasteiger partial charge in [-0.25, -0.2) is 9.50 Å². The molecule has 0 bridgehead atoms. The number of nitrogens with one attached hydrogen (secondary N) is 1. The Labute approximate surface area is 237 Å². The van der Waals surface area contributed by atoms with Crippen molar-refractivity contribution in [2.24, 2.45) is 0 Å². The van der Waals surface area contributed by atoms with Crippen molar-refractivity contribution in [1.82, 2.24) is 24.4 Å². The highest BCUT2D eigenvalue weighted by atomic mass is 19.4. The summed E-state index contributed by atoms with van der Waals surface area (Å²) in [6.45, 7) is 5.39. The predicted molar refractivity (Wildman–Crippen MR) is 152 cm³/mol. The first kappa shape index (κ1) is 28.3. The maximum atomic E-state index is 14.0. The standard InChI is InChI=1S/C31H31F3N6O/c1-20-7-8-23(16-22(20)10-12-28-21(2)36-29-6-5-14-35-40(28)29)30(41)37-25-11-9-24(27(17-25)31(32,33)34)18-39-15-13-26(19-39)38(3)4/h5-9,11,14,16-17,26H,13,15,18-19H2,1-4H3,(H,37,41). The molecule has 4 aromatic rings. The summed E-state index contributed by atoms with van der Waals surface area (Å²) in [6.07, 6.45) is -1.98. The van der Waals surface area contributed by atoms with Gasteiger partial charge in [-0.05, 0) is 87.8 Å². The van der Waals surface area contributed by atoms with Crippen LogP contribution in [0.3, 0.4) is 0 Å². The minimum Gasteiger partial charge on any atom is -0.322 e. The van der Waals surface area contributed by atoms with Crippen LogP contribution in [0, 0.1) is 25.7 Å². The molecule has 7 nitrogen and oxygen atoms in total. The Morgan fingerprint density at radius 1 is 1.12 bits per heavy atom. The lowest BCUT2D eigenvalue weighted by Crippen LogP contribution is -2.31. The predicted octanol–water partition coefficient (Wildman–Crippen LogP) is 5.15. The molecular weight excluding hydrogens is 529 g/mol. The average Bonchev–Trinajstić information content (AvgIpc) is 3.52. The maximum absolute atomic E-state index is 14.0. The van der Waals surface area contributed by atoms with Crippen molar-refractivity contribution < 1.29 is 18.0 Å². The van der Waals surface area contributed by atoms with Crippen LogP contribution in [0.5, 0.6) is 0 Å². The zero-order valence-electron chi connectivity index (χ0n) is 23.4. The Balaban J connectivity index is 1.36. The molecule has 1 fully saturated rings. The molecule has 41 heavy (non-hydrogen) atoms. The number of carbonyl (C=O) groups is 1. The van der Waals surface area contributed by atoms with Crippen molar-refractivity contribution in [3.63, 3.8) is 0 Å². The van der Waals surface area contributed by atoms with E-state index in [1.54, 1.807) is 35.0 Å². The fourth-order valence-corrected chi connectivity index (χ4v) is 5.04. The molecule has 0 aliphatic carbocycles. The van der Waals surface area contributed by atoms with Crippen LogP contribution < -0.4 is 5.32 Å². The number of likely N-dealkylation sites (N-methyl/N-ethyl adjacent to an activating group) is 1. The van der Waals surface area contributed by atoms with E-state index in [1.165, 1.54) is 12.1 Å². The van der Waals surface area contributed by atoms with E-state index in [4.69, 9.17) is 0 Å². The third kappa shape index (κ3) is 6.26. The molecule has 1 atom stereocenters. The molecule has 1 N–H and O–H groups in total. The summed E-state index contributed by atoms with van der Waals surface area (Å²) in [5.41, 5.74) is 3.36. The highest BCUT2D eigenvalue weighted by Crippen LogP contribution is 2.35. The van der Waals surface area contributed by atoms with Crippen molar-refractivity contribution in [2.45, 2.75) is 39.0 Å². The van der Waals surface area contributed by atoms with E-state index >= 15 is 0 Å². The van der Waals surface area contributed by atoms with Crippen molar-refractivity contribution in [3.05, 3.63) is 93.9 Å². The van der Waals surface area contributed by atoms with Crippen LogP contribution >= 0.6 is 0 Å². The molecular formula is C31H31F3N6O. The number of hydrogen-bond donors (Lipinski definition) is 1. The SMILES string of the molecule is Cc1ccc(C(=O)Nc2ccc(CN3CCC(N(C)C)C3)c(C(F)(F)F)c2)cc1C#Cc1c(C)nc2cccnn12. The number of carbonyl (C=O) groups excluding carboxylic acids is 1. The highest BCUT2D eigenvalue weighted by Gasteiger charge is 2.35. The van der Waals surface area contributed by atoms with Gasteiger partial charge >= 0.3 is 6.18 Å². The lowest BCUT2D eigenvalue weighted by atomic mass is 10.0. The van der Waals surface area contributed by atoms with E-state index < -0.39 is 17.6 Å². The molecule has 1 saturated heterocycles. The molecule has 0 spiro atoms. The summed E-state index contributed by atoms with van der Waals surface area (Å²) in [7, 11) is 3.97. The van der Waals surface area contributed by atoms with Gasteiger partial charge in [0.1, 0.15) is 5.69 Å². The van der Waals surface area contributed by atoms with Crippen LogP contribution in [0.1, 0.15) is 50.4 Å². The second kappa shape index (κ2) is 11.4. The number of hydrogen-bond acceptors (Lipinski definition) is 5. The monoisotopic (exact) mass is 560 g/mol. The number of rotatable bonds is 5. The van der Waals surface area contributed by atoms with Gasteiger partial charge in [-0.3, -0.25) is 9.69 Å². The van der Waals surface area contributed by atoms with E-state index in [1.807, 2.05) is 38.9 Å². The van der Waals surface area contributed by atoms with Crippen LogP contribution in [0.2, 0.25) is 0 Å². The third-order valence-electron chi connectivity index (χ3n) is 7.43. The van der Waals surface area contributed by atoms with Gasteiger partial charge in [0.15, 0.2) is 5.65 Å². The van der Waals surface area contributed by atoms with Crippen molar-refractivity contribution in [2.75, 3.05) is 32.5 Å². The molecule has 2 aromatic carbocycles. The summed E-state index contributed by atoms with van der Waals surface area (Å²) in [6, 6.07) is 13.0. The number of imidazole rings is 1. The van der Waals surface area contributed by atoms with E-state index in [0.29, 0.717) is 22.9 Å². The van der Waals surface area contributed by atoms with Crippen LogP contribution in [0.15, 0.2) is 54.7 Å². The van der Waals surface area contributed by atoms with E-state index in [2.05, 4.69) is 32.1 Å². The summed E-state index contributed by atoms with van der Waals surface area (Å²) in [4.78, 5) is 21.7. The van der Waals surface area contributed by atoms with Crippen molar-refractivity contribution in [1.29, 1.82) is 0 Å². The van der Waals surface area contributed by atoms with Crippen molar-refractivity contribution in [3.8, 4) is 11.8 Å². The third-order valence-corrected chi connectivity index (χ3v) is 7.43. The molecule has 1 unspecified atom stereocenters. The Morgan fingerprint density at radius 2 is 1.93 bits per heavy atom. The molecule has 1 amide bonds. The van der Waals surface area contributed by atoms with Crippen LogP contribution in [0.25, 0.3) is 5.65 Å². The molecule has 0 saturated carbocycles. The molecule has 1 aliphatic rings. The van der Waals surface area contributed by atoms with Gasteiger partial charge in [0, 0.05) is 48.7 Å². The summed E-state index contributed by atoms with van der Waals surface area (Å²) in [5, 5.41) is 6.93. The van der Waals surface area contributed by atoms with Crippen LogP contribution in [-0.4, -0.2) is 63.5 Å². The number of alkyl halides is 3. The normalized spacial score (nSPS) is 15.8. The Bertz CT molecular complexity index is 1660. The number of halogens is 3. The number of nitrogens with zero attached hydrogens (tertiary/aromatic N) is 5. The Kier molecular flexibility index (Phi) is 7.84. The second-order valence-electron chi connectivity index (χ2n) is 10.6. The van der Waals surface area contributed by atoms with Gasteiger partial charge in [0.2, 0.25) is 0 Å². The number of benzene rings is 2. The Hall–Kier alpha value is -4.20. The summed E-state index contributed by atoms with van der Waals surface area (Å²) >= 11 is 0. The van der Waals surface area contributed by atoms with E-state index in [0.717, 1.165) is 36.8 Å². The molecule has 212 valence electrons. The van der Waals surface area contributed by atoms with Gasteiger partial charge in [-0.15, -0.1) is 0 Å². The Morgan fingerprint density at radius 3 is 2.66 bits per heavy atom. The zero-order chi connectivity index (χ0) is 29.3. The number of anilines is 1. The number of amides is 1. The molecule has 2 aromatic heterocycles. The van der Waals surface area contributed by atoms with Crippen LogP contribution in [0.4, 0.5) is 18.9 Å². The second-order valence-corrected chi connectivity index (χ2v) is 10.6. The van der Waals surface area contributed by atoms with Gasteiger partial charge in [-0.2, -0.15) is 18.3 Å². The van der Waals surface area contributed by atoms with Gasteiger partial charge < -0.3 is 10.2 Å². The van der Waals surface area contributed by atoms with Gasteiger partial charge in [0.25, 0.3) is 5.91 Å². The quantitative estimate of drug-likeness (QED) is 0.342. The average molecular weight is 561 g/mol. The molecule has 0 radical (unpaired) electrons. The highest BCUT2D eigenvalue weighted by molar-refractivity contribution is 6.04. The fraction of sp³-hybridized carbons (Fsp3) is 0.323. The van der Waals surface area contributed by atoms with Crippen molar-refractivity contribution >= 4 is 17.2 Å². The van der Waals surface area contributed by atoms with Gasteiger partial charge in [-0.1, -0.05) is 18.1 Å². The minimum absolute atomic E-state index is 0.0827. The van der Waals surface area contributed by atoms with Gasteiger partial charge in [0.05, 0.1) is 11.3 Å². The number of fused-ring (bicyclic) bond motifs is 1. The lowest BCUT2D eigenvalue weighted by Gasteiger charge is -2.22.